The van der Waals surface area contributed by atoms with Crippen LogP contribution in [0.2, 0.25) is 0 Å². The third-order valence-electron chi connectivity index (χ3n) is 3.04. The number of anilines is 1. The van der Waals surface area contributed by atoms with Crippen LogP contribution >= 0.6 is 15.9 Å². The molecule has 0 radical (unpaired) electrons. The van der Waals surface area contributed by atoms with Crippen LogP contribution in [-0.2, 0) is 0 Å². The Balaban J connectivity index is 2.81. The van der Waals surface area contributed by atoms with E-state index in [1.165, 1.54) is 6.07 Å². The molecule has 0 aromatic carbocycles. The predicted octanol–water partition coefficient (Wildman–Crippen LogP) is 4.88. The molecule has 0 atom stereocenters. The molecule has 0 bridgehead atoms. The van der Waals surface area contributed by atoms with Gasteiger partial charge in [-0.1, -0.05) is 27.7 Å². The zero-order chi connectivity index (χ0) is 14.4. The largest absolute Gasteiger partial charge is 0.354 e. The van der Waals surface area contributed by atoms with Crippen molar-refractivity contribution < 1.29 is 4.39 Å². The lowest BCUT2D eigenvalue weighted by atomic mass is 10.1. The lowest BCUT2D eigenvalue weighted by Crippen LogP contribution is -2.29. The lowest BCUT2D eigenvalue weighted by Gasteiger charge is -2.25. The molecule has 2 nitrogen and oxygen atoms in total. The number of pyridine rings is 1. The predicted molar refractivity (Wildman–Crippen MR) is 83.0 cm³/mol. The number of hydrogen-bond acceptors (Lipinski definition) is 2. The molecule has 1 rings (SSSR count). The van der Waals surface area contributed by atoms with E-state index in [1.807, 2.05) is 0 Å². The van der Waals surface area contributed by atoms with Crippen LogP contribution in [0.4, 0.5) is 10.2 Å². The minimum absolute atomic E-state index is 0.248. The van der Waals surface area contributed by atoms with E-state index in [0.29, 0.717) is 22.1 Å². The molecule has 0 aliphatic carbocycles. The van der Waals surface area contributed by atoms with Crippen molar-refractivity contribution in [2.24, 2.45) is 11.8 Å². The zero-order valence-electron chi connectivity index (χ0n) is 12.3. The summed E-state index contributed by atoms with van der Waals surface area (Å²) in [6.45, 7) is 10.5. The summed E-state index contributed by atoms with van der Waals surface area (Å²) in [5.41, 5.74) is 0. The Kier molecular flexibility index (Phi) is 6.76. The summed E-state index contributed by atoms with van der Waals surface area (Å²) >= 11 is 3.25. The maximum Gasteiger partial charge on any atom is 0.166 e. The Morgan fingerprint density at radius 3 is 2.11 bits per heavy atom. The summed E-state index contributed by atoms with van der Waals surface area (Å²) in [4.78, 5) is 6.31. The smallest absolute Gasteiger partial charge is 0.166 e. The zero-order valence-corrected chi connectivity index (χ0v) is 13.9. The molecule has 1 aromatic rings. The molecular weight excluding hydrogens is 307 g/mol. The Hall–Kier alpha value is -0.640. The summed E-state index contributed by atoms with van der Waals surface area (Å²) in [5, 5.41) is 0. The van der Waals surface area contributed by atoms with Gasteiger partial charge < -0.3 is 4.90 Å². The van der Waals surface area contributed by atoms with Crippen molar-refractivity contribution in [1.29, 1.82) is 0 Å². The van der Waals surface area contributed by atoms with Crippen LogP contribution in [0.5, 0.6) is 0 Å². The molecular formula is C15H24BrFN2. The van der Waals surface area contributed by atoms with Crippen LogP contribution in [0.3, 0.4) is 0 Å². The molecule has 108 valence electrons. The average molecular weight is 331 g/mol. The minimum atomic E-state index is -0.248. The van der Waals surface area contributed by atoms with E-state index >= 15 is 0 Å². The van der Waals surface area contributed by atoms with Gasteiger partial charge >= 0.3 is 0 Å². The topological polar surface area (TPSA) is 16.1 Å². The second kappa shape index (κ2) is 7.83. The molecule has 0 amide bonds. The number of nitrogens with zero attached hydrogens (tertiary/aromatic N) is 2. The molecule has 0 saturated heterocycles. The van der Waals surface area contributed by atoms with Crippen LogP contribution in [0, 0.1) is 17.7 Å². The molecule has 0 N–H and O–H groups in total. The van der Waals surface area contributed by atoms with Crippen molar-refractivity contribution in [3.8, 4) is 0 Å². The fourth-order valence-corrected chi connectivity index (χ4v) is 2.10. The van der Waals surface area contributed by atoms with Gasteiger partial charge in [0.15, 0.2) is 11.6 Å². The van der Waals surface area contributed by atoms with Crippen LogP contribution in [0.15, 0.2) is 16.7 Å². The Morgan fingerprint density at radius 2 is 1.68 bits per heavy atom. The Bertz CT molecular complexity index is 382. The molecule has 0 aliphatic heterocycles. The van der Waals surface area contributed by atoms with Gasteiger partial charge in [-0.2, -0.15) is 0 Å². The normalized spacial score (nSPS) is 11.4. The van der Waals surface area contributed by atoms with E-state index in [1.54, 1.807) is 6.20 Å². The van der Waals surface area contributed by atoms with Gasteiger partial charge in [-0.05, 0) is 46.7 Å². The summed E-state index contributed by atoms with van der Waals surface area (Å²) in [5.74, 6) is 1.45. The van der Waals surface area contributed by atoms with Gasteiger partial charge in [0, 0.05) is 23.8 Å². The van der Waals surface area contributed by atoms with Crippen molar-refractivity contribution in [2.75, 3.05) is 18.0 Å². The summed E-state index contributed by atoms with van der Waals surface area (Å²) in [6.07, 6.45) is 3.76. The van der Waals surface area contributed by atoms with Gasteiger partial charge in [-0.15, -0.1) is 0 Å². The van der Waals surface area contributed by atoms with Crippen LogP contribution in [0.25, 0.3) is 0 Å². The van der Waals surface area contributed by atoms with Crippen LogP contribution in [-0.4, -0.2) is 18.1 Å². The van der Waals surface area contributed by atoms with Gasteiger partial charge in [0.25, 0.3) is 0 Å². The minimum Gasteiger partial charge on any atom is -0.354 e. The van der Waals surface area contributed by atoms with E-state index in [4.69, 9.17) is 0 Å². The molecule has 0 saturated carbocycles. The standard InChI is InChI=1S/C15H24BrFN2/c1-11(2)5-7-19(8-6-12(3)4)15-14(17)9-13(16)10-18-15/h9-12H,5-8H2,1-4H3. The first kappa shape index (κ1) is 16.4. The molecule has 1 aromatic heterocycles. The Morgan fingerprint density at radius 1 is 1.16 bits per heavy atom. The van der Waals surface area contributed by atoms with E-state index in [2.05, 4.69) is 53.5 Å². The van der Waals surface area contributed by atoms with Crippen molar-refractivity contribution in [3.63, 3.8) is 0 Å². The fraction of sp³-hybridized carbons (Fsp3) is 0.667. The van der Waals surface area contributed by atoms with Gasteiger partial charge in [-0.3, -0.25) is 0 Å². The molecule has 0 fully saturated rings. The van der Waals surface area contributed by atoms with Gasteiger partial charge in [0.2, 0.25) is 0 Å². The second-order valence-electron chi connectivity index (χ2n) is 5.81. The summed E-state index contributed by atoms with van der Waals surface area (Å²) < 4.78 is 14.7. The fourth-order valence-electron chi connectivity index (χ4n) is 1.79. The van der Waals surface area contributed by atoms with Crippen LogP contribution < -0.4 is 4.90 Å². The Labute approximate surface area is 124 Å². The molecule has 1 heterocycles. The first-order valence-electron chi connectivity index (χ1n) is 6.96. The van der Waals surface area contributed by atoms with Gasteiger partial charge in [0.1, 0.15) is 0 Å². The molecule has 4 heteroatoms. The second-order valence-corrected chi connectivity index (χ2v) is 6.73. The monoisotopic (exact) mass is 330 g/mol. The molecule has 19 heavy (non-hydrogen) atoms. The van der Waals surface area contributed by atoms with Gasteiger partial charge in [0.05, 0.1) is 0 Å². The van der Waals surface area contributed by atoms with Crippen molar-refractivity contribution in [3.05, 3.63) is 22.6 Å². The third-order valence-corrected chi connectivity index (χ3v) is 3.47. The average Bonchev–Trinajstić information content (AvgIpc) is 2.30. The summed E-state index contributed by atoms with van der Waals surface area (Å²) in [6, 6.07) is 1.49. The van der Waals surface area contributed by atoms with Crippen molar-refractivity contribution >= 4 is 21.7 Å². The molecule has 0 aliphatic rings. The first-order chi connectivity index (χ1) is 8.90. The highest BCUT2D eigenvalue weighted by molar-refractivity contribution is 9.10. The van der Waals surface area contributed by atoms with E-state index < -0.39 is 0 Å². The van der Waals surface area contributed by atoms with E-state index in [0.717, 1.165) is 25.9 Å². The van der Waals surface area contributed by atoms with Crippen LogP contribution in [0.1, 0.15) is 40.5 Å². The molecule has 0 unspecified atom stereocenters. The van der Waals surface area contributed by atoms with Gasteiger partial charge in [-0.25, -0.2) is 9.37 Å². The number of rotatable bonds is 7. The maximum absolute atomic E-state index is 14.0. The van der Waals surface area contributed by atoms with Crippen molar-refractivity contribution in [2.45, 2.75) is 40.5 Å². The number of hydrogen-bond donors (Lipinski definition) is 0. The maximum atomic E-state index is 14.0. The van der Waals surface area contributed by atoms with Crippen molar-refractivity contribution in [1.82, 2.24) is 4.98 Å². The quantitative estimate of drug-likeness (QED) is 0.708. The lowest BCUT2D eigenvalue weighted by molar-refractivity contribution is 0.522. The first-order valence-corrected chi connectivity index (χ1v) is 7.75. The third kappa shape index (κ3) is 5.89. The van der Waals surface area contributed by atoms with E-state index in [-0.39, 0.29) is 5.82 Å². The van der Waals surface area contributed by atoms with E-state index in [9.17, 15) is 4.39 Å². The number of aromatic nitrogens is 1. The number of halogens is 2. The highest BCUT2D eigenvalue weighted by Gasteiger charge is 2.14. The highest BCUT2D eigenvalue weighted by Crippen LogP contribution is 2.21. The highest BCUT2D eigenvalue weighted by atomic mass is 79.9. The SMILES string of the molecule is CC(C)CCN(CCC(C)C)c1ncc(Br)cc1F. The molecule has 0 spiro atoms. The summed E-state index contributed by atoms with van der Waals surface area (Å²) in [7, 11) is 0.